The number of nitrogens with zero attached hydrogens (tertiary/aromatic N) is 2. The Morgan fingerprint density at radius 3 is 2.33 bits per heavy atom. The van der Waals surface area contributed by atoms with Crippen LogP contribution < -0.4 is 4.72 Å². The minimum absolute atomic E-state index is 0.0121. The third-order valence-corrected chi connectivity index (χ3v) is 4.91. The van der Waals surface area contributed by atoms with Crippen molar-refractivity contribution in [2.45, 2.75) is 13.5 Å². The molecule has 2 heterocycles. The molecule has 0 radical (unpaired) electrons. The van der Waals surface area contributed by atoms with E-state index in [1.165, 1.54) is 6.26 Å². The van der Waals surface area contributed by atoms with Crippen LogP contribution in [0, 0.1) is 6.92 Å². The van der Waals surface area contributed by atoms with Crippen LogP contribution in [0.2, 0.25) is 0 Å². The van der Waals surface area contributed by atoms with Gasteiger partial charge in [0.1, 0.15) is 6.26 Å². The molecular weight excluding hydrogens is 334 g/mol. The number of aromatic nitrogens is 1. The van der Waals surface area contributed by atoms with Gasteiger partial charge in [-0.3, -0.25) is 14.5 Å². The van der Waals surface area contributed by atoms with Crippen LogP contribution in [0.4, 0.5) is 0 Å². The highest BCUT2D eigenvalue weighted by molar-refractivity contribution is 7.89. The first-order chi connectivity index (χ1) is 11.4. The van der Waals surface area contributed by atoms with E-state index in [0.717, 1.165) is 4.90 Å². The standard InChI is InChI=1S/C15H15N3O5S/c1-10-17-11(9-23-10)8-16-24(21,22)7-6-18-14(19)12-4-2-3-5-13(12)15(18)20/h2-5,9,16H,6-8H2,1H3. The molecule has 1 aromatic heterocycles. The van der Waals surface area contributed by atoms with E-state index in [1.54, 1.807) is 31.2 Å². The molecule has 0 fully saturated rings. The second kappa shape index (κ2) is 6.17. The maximum atomic E-state index is 12.2. The topological polar surface area (TPSA) is 110 Å². The van der Waals surface area contributed by atoms with Crippen LogP contribution in [0.25, 0.3) is 0 Å². The number of nitrogens with one attached hydrogen (secondary N) is 1. The Balaban J connectivity index is 1.61. The fraction of sp³-hybridized carbons (Fsp3) is 0.267. The SMILES string of the molecule is Cc1nc(CNS(=O)(=O)CCN2C(=O)c3ccccc3C2=O)co1. The molecule has 3 rings (SSSR count). The van der Waals surface area contributed by atoms with Crippen molar-refractivity contribution in [1.29, 1.82) is 0 Å². The van der Waals surface area contributed by atoms with E-state index in [0.29, 0.717) is 22.7 Å². The van der Waals surface area contributed by atoms with Gasteiger partial charge in [-0.05, 0) is 12.1 Å². The van der Waals surface area contributed by atoms with Gasteiger partial charge in [-0.2, -0.15) is 0 Å². The largest absolute Gasteiger partial charge is 0.449 e. The normalized spacial score (nSPS) is 14.3. The Morgan fingerprint density at radius 2 is 1.79 bits per heavy atom. The van der Waals surface area contributed by atoms with Gasteiger partial charge < -0.3 is 4.42 Å². The molecule has 0 unspecified atom stereocenters. The van der Waals surface area contributed by atoms with Crippen LogP contribution in [0.1, 0.15) is 32.3 Å². The average molecular weight is 349 g/mol. The summed E-state index contributed by atoms with van der Waals surface area (Å²) in [5.74, 6) is -0.888. The number of oxazole rings is 1. The molecule has 8 nitrogen and oxygen atoms in total. The van der Waals surface area contributed by atoms with Crippen LogP contribution in [-0.2, 0) is 16.6 Å². The van der Waals surface area contributed by atoms with Crippen molar-refractivity contribution in [2.24, 2.45) is 0 Å². The third-order valence-electron chi connectivity index (χ3n) is 3.60. The Labute approximate surface area is 138 Å². The van der Waals surface area contributed by atoms with Gasteiger partial charge in [0.25, 0.3) is 11.8 Å². The first-order valence-corrected chi connectivity index (χ1v) is 8.86. The van der Waals surface area contributed by atoms with Crippen LogP contribution in [0.5, 0.6) is 0 Å². The van der Waals surface area contributed by atoms with Crippen molar-refractivity contribution in [3.63, 3.8) is 0 Å². The van der Waals surface area contributed by atoms with Gasteiger partial charge in [0, 0.05) is 13.5 Å². The first kappa shape index (κ1) is 16.3. The molecule has 1 aliphatic heterocycles. The molecule has 9 heteroatoms. The van der Waals surface area contributed by atoms with Crippen LogP contribution in [0.3, 0.4) is 0 Å². The van der Waals surface area contributed by atoms with Crippen LogP contribution in [0.15, 0.2) is 34.9 Å². The molecule has 0 aliphatic carbocycles. The van der Waals surface area contributed by atoms with Crippen molar-refractivity contribution in [3.05, 3.63) is 53.2 Å². The van der Waals surface area contributed by atoms with E-state index in [-0.39, 0.29) is 18.8 Å². The zero-order valence-electron chi connectivity index (χ0n) is 12.9. The van der Waals surface area contributed by atoms with E-state index in [9.17, 15) is 18.0 Å². The zero-order valence-corrected chi connectivity index (χ0v) is 13.7. The molecule has 2 amide bonds. The molecule has 0 saturated carbocycles. The van der Waals surface area contributed by atoms with Crippen molar-refractivity contribution in [1.82, 2.24) is 14.6 Å². The zero-order chi connectivity index (χ0) is 17.3. The molecule has 0 saturated heterocycles. The molecule has 2 aromatic rings. The second-order valence-electron chi connectivity index (χ2n) is 5.31. The van der Waals surface area contributed by atoms with E-state index in [4.69, 9.17) is 4.42 Å². The molecule has 1 N–H and O–H groups in total. The van der Waals surface area contributed by atoms with E-state index in [1.807, 2.05) is 0 Å². The van der Waals surface area contributed by atoms with Gasteiger partial charge in [0.05, 0.1) is 29.1 Å². The van der Waals surface area contributed by atoms with Crippen molar-refractivity contribution in [3.8, 4) is 0 Å². The van der Waals surface area contributed by atoms with Gasteiger partial charge in [0.15, 0.2) is 5.89 Å². The number of hydrogen-bond acceptors (Lipinski definition) is 6. The fourth-order valence-electron chi connectivity index (χ4n) is 2.40. The summed E-state index contributed by atoms with van der Waals surface area (Å²) in [4.78, 5) is 29.3. The number of aryl methyl sites for hydroxylation is 1. The highest BCUT2D eigenvalue weighted by atomic mass is 32.2. The number of carbonyl (C=O) groups is 2. The highest BCUT2D eigenvalue weighted by Gasteiger charge is 2.35. The minimum Gasteiger partial charge on any atom is -0.449 e. The summed E-state index contributed by atoms with van der Waals surface area (Å²) in [7, 11) is -3.67. The van der Waals surface area contributed by atoms with E-state index in [2.05, 4.69) is 9.71 Å². The molecule has 0 atom stereocenters. The molecule has 1 aromatic carbocycles. The Bertz CT molecular complexity index is 868. The van der Waals surface area contributed by atoms with Gasteiger partial charge >= 0.3 is 0 Å². The highest BCUT2D eigenvalue weighted by Crippen LogP contribution is 2.22. The number of fused-ring (bicyclic) bond motifs is 1. The average Bonchev–Trinajstić information content (AvgIpc) is 3.07. The summed E-state index contributed by atoms with van der Waals surface area (Å²) < 4.78 is 31.4. The van der Waals surface area contributed by atoms with Gasteiger partial charge in [-0.1, -0.05) is 12.1 Å². The molecule has 0 spiro atoms. The number of carbonyl (C=O) groups excluding carboxylic acids is 2. The lowest BCUT2D eigenvalue weighted by Crippen LogP contribution is -2.37. The summed E-state index contributed by atoms with van der Waals surface area (Å²) in [5.41, 5.74) is 1.05. The fourth-order valence-corrected chi connectivity index (χ4v) is 3.33. The lowest BCUT2D eigenvalue weighted by Gasteiger charge is -2.13. The van der Waals surface area contributed by atoms with Crippen LogP contribution >= 0.6 is 0 Å². The maximum absolute atomic E-state index is 12.2. The number of rotatable bonds is 6. The number of benzene rings is 1. The maximum Gasteiger partial charge on any atom is 0.261 e. The molecule has 126 valence electrons. The first-order valence-electron chi connectivity index (χ1n) is 7.21. The summed E-state index contributed by atoms with van der Waals surface area (Å²) >= 11 is 0. The molecule has 1 aliphatic rings. The molecule has 0 bridgehead atoms. The van der Waals surface area contributed by atoms with Gasteiger partial charge in [0.2, 0.25) is 10.0 Å². The number of hydrogen-bond donors (Lipinski definition) is 1. The third kappa shape index (κ3) is 3.22. The van der Waals surface area contributed by atoms with Gasteiger partial charge in [-0.15, -0.1) is 0 Å². The van der Waals surface area contributed by atoms with Crippen molar-refractivity contribution < 1.29 is 22.4 Å². The van der Waals surface area contributed by atoms with E-state index >= 15 is 0 Å². The summed E-state index contributed by atoms with van der Waals surface area (Å²) in [5, 5.41) is 0. The predicted molar refractivity (Wildman–Crippen MR) is 83.7 cm³/mol. The predicted octanol–water partition coefficient (Wildman–Crippen LogP) is 0.699. The summed E-state index contributed by atoms with van der Waals surface area (Å²) in [6.45, 7) is 1.43. The monoisotopic (exact) mass is 349 g/mol. The Kier molecular flexibility index (Phi) is 4.20. The Morgan fingerprint density at radius 1 is 1.17 bits per heavy atom. The van der Waals surface area contributed by atoms with E-state index < -0.39 is 21.8 Å². The quantitative estimate of drug-likeness (QED) is 0.769. The lowest BCUT2D eigenvalue weighted by atomic mass is 10.1. The number of amides is 2. The lowest BCUT2D eigenvalue weighted by molar-refractivity contribution is 0.0664. The molecule has 24 heavy (non-hydrogen) atoms. The van der Waals surface area contributed by atoms with Crippen LogP contribution in [-0.4, -0.2) is 42.4 Å². The number of imide groups is 1. The van der Waals surface area contributed by atoms with Crippen molar-refractivity contribution >= 4 is 21.8 Å². The smallest absolute Gasteiger partial charge is 0.261 e. The Hall–Kier alpha value is -2.52. The second-order valence-corrected chi connectivity index (χ2v) is 7.23. The molecular formula is C15H15N3O5S. The van der Waals surface area contributed by atoms with Gasteiger partial charge in [-0.25, -0.2) is 18.1 Å². The summed E-state index contributed by atoms with van der Waals surface area (Å²) in [6.07, 6.45) is 1.36. The van der Waals surface area contributed by atoms with Crippen molar-refractivity contribution in [2.75, 3.05) is 12.3 Å². The summed E-state index contributed by atoms with van der Waals surface area (Å²) in [6, 6.07) is 6.42. The minimum atomic E-state index is -3.67. The number of sulfonamides is 1.